The van der Waals surface area contributed by atoms with Crippen LogP contribution in [0, 0.1) is 6.92 Å². The maximum absolute atomic E-state index is 6.10. The fourth-order valence-corrected chi connectivity index (χ4v) is 2.45. The van der Waals surface area contributed by atoms with E-state index < -0.39 is 0 Å². The molecule has 0 saturated heterocycles. The summed E-state index contributed by atoms with van der Waals surface area (Å²) in [5, 5.41) is 4.96. The van der Waals surface area contributed by atoms with E-state index in [-0.39, 0.29) is 0 Å². The lowest BCUT2D eigenvalue weighted by molar-refractivity contribution is 0.472. The third-order valence-corrected chi connectivity index (χ3v) is 4.20. The van der Waals surface area contributed by atoms with E-state index in [4.69, 9.17) is 27.9 Å². The van der Waals surface area contributed by atoms with Crippen molar-refractivity contribution in [2.75, 3.05) is 0 Å². The van der Waals surface area contributed by atoms with Crippen LogP contribution in [0.3, 0.4) is 0 Å². The average Bonchev–Trinajstić information content (AvgIpc) is 3.27. The van der Waals surface area contributed by atoms with Gasteiger partial charge in [-0.3, -0.25) is 0 Å². The van der Waals surface area contributed by atoms with Gasteiger partial charge in [0.05, 0.1) is 0 Å². The predicted octanol–water partition coefficient (Wildman–Crippen LogP) is 5.35. The number of ether oxygens (including phenoxy) is 1. The Morgan fingerprint density at radius 1 is 1.14 bits per heavy atom. The van der Waals surface area contributed by atoms with Crippen LogP contribution in [0.15, 0.2) is 36.4 Å². The smallest absolute Gasteiger partial charge is 0.132 e. The summed E-state index contributed by atoms with van der Waals surface area (Å²) >= 11 is 12.1. The van der Waals surface area contributed by atoms with Crippen LogP contribution in [0.2, 0.25) is 10.0 Å². The molecular formula is C17H17Cl2NO. The molecular weight excluding hydrogens is 305 g/mol. The van der Waals surface area contributed by atoms with E-state index in [2.05, 4.69) is 5.32 Å². The number of aryl methyl sites for hydroxylation is 1. The second kappa shape index (κ2) is 6.27. The molecule has 21 heavy (non-hydrogen) atoms. The number of rotatable bonds is 5. The van der Waals surface area contributed by atoms with Crippen molar-refractivity contribution in [3.05, 3.63) is 57.6 Å². The normalized spacial score (nSPS) is 14.2. The SMILES string of the molecule is Cc1cc(Oc2ccc(Cl)cc2CNC2CC2)ccc1Cl. The van der Waals surface area contributed by atoms with Gasteiger partial charge in [0.1, 0.15) is 11.5 Å². The maximum Gasteiger partial charge on any atom is 0.132 e. The van der Waals surface area contributed by atoms with Crippen molar-refractivity contribution in [1.29, 1.82) is 0 Å². The van der Waals surface area contributed by atoms with E-state index >= 15 is 0 Å². The van der Waals surface area contributed by atoms with Gasteiger partial charge in [0.25, 0.3) is 0 Å². The van der Waals surface area contributed by atoms with Gasteiger partial charge in [-0.25, -0.2) is 0 Å². The van der Waals surface area contributed by atoms with E-state index in [1.165, 1.54) is 12.8 Å². The molecule has 0 amide bonds. The topological polar surface area (TPSA) is 21.3 Å². The molecule has 1 fully saturated rings. The van der Waals surface area contributed by atoms with Crippen molar-refractivity contribution in [3.8, 4) is 11.5 Å². The molecule has 2 nitrogen and oxygen atoms in total. The zero-order valence-electron chi connectivity index (χ0n) is 11.8. The second-order valence-electron chi connectivity index (χ2n) is 5.42. The molecule has 2 aromatic rings. The lowest BCUT2D eigenvalue weighted by atomic mass is 10.2. The molecule has 2 aromatic carbocycles. The third kappa shape index (κ3) is 3.91. The minimum Gasteiger partial charge on any atom is -0.457 e. The van der Waals surface area contributed by atoms with Gasteiger partial charge in [-0.1, -0.05) is 23.2 Å². The Kier molecular flexibility index (Phi) is 4.39. The Hall–Kier alpha value is -1.22. The fourth-order valence-electron chi connectivity index (χ4n) is 2.14. The Bertz CT molecular complexity index is 653. The number of benzene rings is 2. The standard InChI is InChI=1S/C17H17Cl2NO/c1-11-8-15(5-6-16(11)19)21-17-7-2-13(18)9-12(17)10-20-14-3-4-14/h2,5-9,14,20H,3-4,10H2,1H3. The van der Waals surface area contributed by atoms with Crippen LogP contribution >= 0.6 is 23.2 Å². The van der Waals surface area contributed by atoms with Gasteiger partial charge in [-0.15, -0.1) is 0 Å². The summed E-state index contributed by atoms with van der Waals surface area (Å²) in [7, 11) is 0. The van der Waals surface area contributed by atoms with Crippen LogP contribution in [0.25, 0.3) is 0 Å². The zero-order valence-corrected chi connectivity index (χ0v) is 13.3. The first-order valence-electron chi connectivity index (χ1n) is 7.07. The molecule has 0 bridgehead atoms. The predicted molar refractivity (Wildman–Crippen MR) is 87.6 cm³/mol. The highest BCUT2D eigenvalue weighted by Gasteiger charge is 2.20. The van der Waals surface area contributed by atoms with Crippen molar-refractivity contribution in [3.63, 3.8) is 0 Å². The minimum absolute atomic E-state index is 0.648. The molecule has 0 heterocycles. The molecule has 0 aliphatic heterocycles. The summed E-state index contributed by atoms with van der Waals surface area (Å²) in [6.07, 6.45) is 2.51. The molecule has 1 N–H and O–H groups in total. The van der Waals surface area contributed by atoms with E-state index in [0.717, 1.165) is 39.2 Å². The van der Waals surface area contributed by atoms with Crippen molar-refractivity contribution in [1.82, 2.24) is 5.32 Å². The van der Waals surface area contributed by atoms with Gasteiger partial charge in [0.15, 0.2) is 0 Å². The molecule has 110 valence electrons. The molecule has 0 spiro atoms. The quantitative estimate of drug-likeness (QED) is 0.801. The third-order valence-electron chi connectivity index (χ3n) is 3.54. The van der Waals surface area contributed by atoms with Gasteiger partial charge in [-0.2, -0.15) is 0 Å². The van der Waals surface area contributed by atoms with Crippen molar-refractivity contribution in [2.45, 2.75) is 32.4 Å². The van der Waals surface area contributed by atoms with E-state index in [0.29, 0.717) is 6.04 Å². The van der Waals surface area contributed by atoms with Crippen LogP contribution in [-0.4, -0.2) is 6.04 Å². The largest absolute Gasteiger partial charge is 0.457 e. The lowest BCUT2D eigenvalue weighted by Gasteiger charge is -2.13. The molecule has 0 unspecified atom stereocenters. The van der Waals surface area contributed by atoms with Gasteiger partial charge in [0, 0.05) is 28.2 Å². The molecule has 0 radical (unpaired) electrons. The Balaban J connectivity index is 1.80. The highest BCUT2D eigenvalue weighted by molar-refractivity contribution is 6.31. The van der Waals surface area contributed by atoms with Crippen molar-refractivity contribution < 1.29 is 4.74 Å². The van der Waals surface area contributed by atoms with Crippen LogP contribution in [0.4, 0.5) is 0 Å². The number of nitrogens with one attached hydrogen (secondary N) is 1. The van der Waals surface area contributed by atoms with Gasteiger partial charge < -0.3 is 10.1 Å². The lowest BCUT2D eigenvalue weighted by Crippen LogP contribution is -2.15. The fraction of sp³-hybridized carbons (Fsp3) is 0.294. The summed E-state index contributed by atoms with van der Waals surface area (Å²) in [5.41, 5.74) is 2.07. The highest BCUT2D eigenvalue weighted by Crippen LogP contribution is 2.30. The van der Waals surface area contributed by atoms with Crippen molar-refractivity contribution in [2.24, 2.45) is 0 Å². The second-order valence-corrected chi connectivity index (χ2v) is 6.26. The van der Waals surface area contributed by atoms with Crippen LogP contribution in [-0.2, 0) is 6.54 Å². The first-order valence-corrected chi connectivity index (χ1v) is 7.83. The monoisotopic (exact) mass is 321 g/mol. The number of hydrogen-bond donors (Lipinski definition) is 1. The first-order chi connectivity index (χ1) is 10.1. The van der Waals surface area contributed by atoms with Gasteiger partial charge >= 0.3 is 0 Å². The molecule has 1 aliphatic carbocycles. The Labute approximate surface area is 135 Å². The molecule has 0 atom stereocenters. The zero-order chi connectivity index (χ0) is 14.8. The van der Waals surface area contributed by atoms with Crippen molar-refractivity contribution >= 4 is 23.2 Å². The molecule has 0 aromatic heterocycles. The van der Waals surface area contributed by atoms with Gasteiger partial charge in [-0.05, 0) is 61.7 Å². The molecule has 1 aliphatic rings. The summed E-state index contributed by atoms with van der Waals surface area (Å²) < 4.78 is 6.00. The molecule has 3 rings (SSSR count). The summed E-state index contributed by atoms with van der Waals surface area (Å²) in [4.78, 5) is 0. The summed E-state index contributed by atoms with van der Waals surface area (Å²) in [6, 6.07) is 12.0. The maximum atomic E-state index is 6.10. The number of halogens is 2. The Morgan fingerprint density at radius 2 is 1.95 bits per heavy atom. The average molecular weight is 322 g/mol. The summed E-state index contributed by atoms with van der Waals surface area (Å²) in [6.45, 7) is 2.74. The van der Waals surface area contributed by atoms with E-state index in [1.54, 1.807) is 0 Å². The first kappa shape index (κ1) is 14.7. The Morgan fingerprint density at radius 3 is 2.67 bits per heavy atom. The van der Waals surface area contributed by atoms with Crippen LogP contribution in [0.1, 0.15) is 24.0 Å². The van der Waals surface area contributed by atoms with Gasteiger partial charge in [0.2, 0.25) is 0 Å². The minimum atomic E-state index is 0.648. The number of hydrogen-bond acceptors (Lipinski definition) is 2. The van der Waals surface area contributed by atoms with E-state index in [9.17, 15) is 0 Å². The molecule has 4 heteroatoms. The van der Waals surface area contributed by atoms with E-state index in [1.807, 2.05) is 43.3 Å². The van der Waals surface area contributed by atoms with Crippen LogP contribution < -0.4 is 10.1 Å². The highest BCUT2D eigenvalue weighted by atomic mass is 35.5. The summed E-state index contributed by atoms with van der Waals surface area (Å²) in [5.74, 6) is 1.61. The van der Waals surface area contributed by atoms with Crippen LogP contribution in [0.5, 0.6) is 11.5 Å². The molecule has 1 saturated carbocycles.